The van der Waals surface area contributed by atoms with Crippen LogP contribution in [0.4, 0.5) is 11.4 Å². The third-order valence-electron chi connectivity index (χ3n) is 3.42. The Morgan fingerprint density at radius 3 is 2.58 bits per heavy atom. The number of amides is 1. The van der Waals surface area contributed by atoms with Gasteiger partial charge >= 0.3 is 0 Å². The van der Waals surface area contributed by atoms with Gasteiger partial charge in [-0.3, -0.25) is 19.7 Å². The van der Waals surface area contributed by atoms with Crippen LogP contribution >= 0.6 is 11.6 Å². The summed E-state index contributed by atoms with van der Waals surface area (Å²) in [5, 5.41) is 13.8. The van der Waals surface area contributed by atoms with Crippen LogP contribution in [0.25, 0.3) is 0 Å². The first-order chi connectivity index (χ1) is 12.3. The summed E-state index contributed by atoms with van der Waals surface area (Å²) in [6, 6.07) is 8.27. The van der Waals surface area contributed by atoms with Gasteiger partial charge in [0, 0.05) is 17.2 Å². The van der Waals surface area contributed by atoms with Crippen LogP contribution in [0.15, 0.2) is 36.4 Å². The third kappa shape index (κ3) is 4.48. The number of carbonyl (C=O) groups excluding carboxylic acids is 2. The normalized spacial score (nSPS) is 11.3. The number of methoxy groups -OCH3 is 1. The van der Waals surface area contributed by atoms with Gasteiger partial charge in [0.2, 0.25) is 0 Å². The highest BCUT2D eigenvalue weighted by Crippen LogP contribution is 2.28. The fraction of sp³-hybridized carbons (Fsp3) is 0.176. The summed E-state index contributed by atoms with van der Waals surface area (Å²) in [6.07, 6.45) is -0.564. The number of aldehydes is 1. The lowest BCUT2D eigenvalue weighted by molar-refractivity contribution is -0.384. The highest BCUT2D eigenvalue weighted by molar-refractivity contribution is 6.31. The molecule has 0 radical (unpaired) electrons. The number of benzene rings is 2. The van der Waals surface area contributed by atoms with Crippen molar-refractivity contribution in [2.45, 2.75) is 13.0 Å². The van der Waals surface area contributed by atoms with Crippen LogP contribution in [0.5, 0.6) is 11.5 Å². The molecule has 26 heavy (non-hydrogen) atoms. The maximum Gasteiger partial charge on any atom is 0.270 e. The summed E-state index contributed by atoms with van der Waals surface area (Å²) < 4.78 is 10.6. The number of nitrogens with zero attached hydrogens (tertiary/aromatic N) is 1. The van der Waals surface area contributed by atoms with Crippen molar-refractivity contribution >= 4 is 35.2 Å². The van der Waals surface area contributed by atoms with E-state index in [0.29, 0.717) is 22.7 Å². The molecule has 0 aliphatic heterocycles. The van der Waals surface area contributed by atoms with Crippen LogP contribution < -0.4 is 14.8 Å². The molecule has 2 rings (SSSR count). The molecular weight excluding hydrogens is 364 g/mol. The molecule has 136 valence electrons. The van der Waals surface area contributed by atoms with Crippen LogP contribution in [-0.4, -0.2) is 30.3 Å². The lowest BCUT2D eigenvalue weighted by atomic mass is 10.2. The van der Waals surface area contributed by atoms with E-state index >= 15 is 0 Å². The first-order valence-corrected chi connectivity index (χ1v) is 7.78. The number of ether oxygens (including phenoxy) is 2. The van der Waals surface area contributed by atoms with Gasteiger partial charge < -0.3 is 14.8 Å². The number of non-ortho nitro benzene ring substituents is 1. The highest BCUT2D eigenvalue weighted by Gasteiger charge is 2.19. The smallest absolute Gasteiger partial charge is 0.270 e. The molecule has 0 spiro atoms. The molecule has 0 saturated carbocycles. The molecule has 0 bridgehead atoms. The van der Waals surface area contributed by atoms with E-state index in [1.54, 1.807) is 12.1 Å². The second-order valence-corrected chi connectivity index (χ2v) is 5.63. The van der Waals surface area contributed by atoms with Gasteiger partial charge in [0.05, 0.1) is 23.3 Å². The molecule has 0 heterocycles. The van der Waals surface area contributed by atoms with Crippen molar-refractivity contribution in [3.63, 3.8) is 0 Å². The van der Waals surface area contributed by atoms with E-state index < -0.39 is 16.9 Å². The van der Waals surface area contributed by atoms with Gasteiger partial charge in [0.1, 0.15) is 11.5 Å². The number of carbonyl (C=O) groups is 2. The van der Waals surface area contributed by atoms with E-state index in [0.717, 1.165) is 6.07 Å². The predicted molar refractivity (Wildman–Crippen MR) is 95.2 cm³/mol. The summed E-state index contributed by atoms with van der Waals surface area (Å²) in [7, 11) is 1.45. The lowest BCUT2D eigenvalue weighted by Gasteiger charge is -2.17. The second kappa shape index (κ2) is 8.30. The topological polar surface area (TPSA) is 108 Å². The number of hydrogen-bond acceptors (Lipinski definition) is 6. The average molecular weight is 379 g/mol. The van der Waals surface area contributed by atoms with Gasteiger partial charge in [-0.15, -0.1) is 0 Å². The molecule has 0 unspecified atom stereocenters. The quantitative estimate of drug-likeness (QED) is 0.449. The number of rotatable bonds is 7. The largest absolute Gasteiger partial charge is 0.495 e. The fourth-order valence-electron chi connectivity index (χ4n) is 2.11. The Bertz CT molecular complexity index is 855. The monoisotopic (exact) mass is 378 g/mol. The summed E-state index contributed by atoms with van der Waals surface area (Å²) in [5.74, 6) is -0.0362. The van der Waals surface area contributed by atoms with Crippen LogP contribution in [0.2, 0.25) is 5.02 Å². The zero-order chi connectivity index (χ0) is 19.3. The molecule has 0 aliphatic carbocycles. The Balaban J connectivity index is 2.16. The van der Waals surface area contributed by atoms with E-state index in [4.69, 9.17) is 21.1 Å². The molecule has 1 amide bonds. The van der Waals surface area contributed by atoms with Crippen molar-refractivity contribution in [2.75, 3.05) is 12.4 Å². The molecular formula is C17H15ClN2O6. The minimum Gasteiger partial charge on any atom is -0.495 e. The van der Waals surface area contributed by atoms with E-state index in [9.17, 15) is 19.7 Å². The van der Waals surface area contributed by atoms with Gasteiger partial charge in [-0.1, -0.05) is 11.6 Å². The number of halogens is 1. The average Bonchev–Trinajstić information content (AvgIpc) is 2.61. The molecule has 0 aromatic heterocycles. The van der Waals surface area contributed by atoms with Crippen molar-refractivity contribution in [2.24, 2.45) is 0 Å². The Morgan fingerprint density at radius 1 is 1.27 bits per heavy atom. The van der Waals surface area contributed by atoms with Crippen molar-refractivity contribution in [1.82, 2.24) is 0 Å². The van der Waals surface area contributed by atoms with Gasteiger partial charge in [0.15, 0.2) is 12.4 Å². The lowest BCUT2D eigenvalue weighted by Crippen LogP contribution is -2.30. The number of hydrogen-bond donors (Lipinski definition) is 1. The summed E-state index contributed by atoms with van der Waals surface area (Å²) >= 11 is 5.91. The zero-order valence-corrected chi connectivity index (χ0v) is 14.6. The molecule has 1 atom stereocenters. The summed E-state index contributed by atoms with van der Waals surface area (Å²) in [6.45, 7) is 1.47. The van der Waals surface area contributed by atoms with Crippen LogP contribution in [0, 0.1) is 10.1 Å². The molecule has 2 aromatic rings. The third-order valence-corrected chi connectivity index (χ3v) is 3.66. The molecule has 2 aromatic carbocycles. The van der Waals surface area contributed by atoms with E-state index in [1.807, 2.05) is 0 Å². The molecule has 1 N–H and O–H groups in total. The minimum atomic E-state index is -0.987. The minimum absolute atomic E-state index is 0.0285. The Kier molecular flexibility index (Phi) is 6.13. The molecule has 8 nitrogen and oxygen atoms in total. The van der Waals surface area contributed by atoms with Crippen molar-refractivity contribution in [3.05, 3.63) is 57.1 Å². The SMILES string of the molecule is COc1ccc(Cl)cc1NC(=O)[C@H](C)Oc1ccc([N+](=O)[O-])cc1C=O. The number of anilines is 1. The van der Waals surface area contributed by atoms with E-state index in [-0.39, 0.29) is 17.0 Å². The molecule has 9 heteroatoms. The van der Waals surface area contributed by atoms with Crippen molar-refractivity contribution in [3.8, 4) is 11.5 Å². The maximum absolute atomic E-state index is 12.3. The second-order valence-electron chi connectivity index (χ2n) is 5.19. The first-order valence-electron chi connectivity index (χ1n) is 7.40. The summed E-state index contributed by atoms with van der Waals surface area (Å²) in [5.41, 5.74) is 0.0826. The van der Waals surface area contributed by atoms with Crippen LogP contribution in [0.1, 0.15) is 17.3 Å². The van der Waals surface area contributed by atoms with Crippen molar-refractivity contribution < 1.29 is 24.0 Å². The number of nitrogens with one attached hydrogen (secondary N) is 1. The number of nitro benzene ring substituents is 1. The molecule has 0 saturated heterocycles. The Labute approximate surface area is 153 Å². The maximum atomic E-state index is 12.3. The van der Waals surface area contributed by atoms with Crippen LogP contribution in [0.3, 0.4) is 0 Å². The molecule has 0 aliphatic rings. The van der Waals surface area contributed by atoms with Crippen LogP contribution in [-0.2, 0) is 4.79 Å². The Hall–Kier alpha value is -3.13. The zero-order valence-electron chi connectivity index (χ0n) is 13.9. The van der Waals surface area contributed by atoms with Gasteiger partial charge in [-0.05, 0) is 31.2 Å². The molecule has 0 fully saturated rings. The van der Waals surface area contributed by atoms with Gasteiger partial charge in [-0.2, -0.15) is 0 Å². The van der Waals surface area contributed by atoms with Gasteiger partial charge in [0.25, 0.3) is 11.6 Å². The predicted octanol–water partition coefficient (Wildman–Crippen LogP) is 3.48. The first kappa shape index (κ1) is 19.2. The van der Waals surface area contributed by atoms with E-state index in [2.05, 4.69) is 5.32 Å². The standard InChI is InChI=1S/C17H15ClN2O6/c1-10(17(22)19-14-8-12(18)3-5-16(14)25-2)26-15-6-4-13(20(23)24)7-11(15)9-21/h3-10H,1-2H3,(H,19,22)/t10-/m0/s1. The summed E-state index contributed by atoms with van der Waals surface area (Å²) in [4.78, 5) is 33.6. The number of nitro groups is 1. The fourth-order valence-corrected chi connectivity index (χ4v) is 2.28. The van der Waals surface area contributed by atoms with Gasteiger partial charge in [-0.25, -0.2) is 0 Å². The van der Waals surface area contributed by atoms with E-state index in [1.165, 1.54) is 32.2 Å². The Morgan fingerprint density at radius 2 is 1.96 bits per heavy atom. The highest BCUT2D eigenvalue weighted by atomic mass is 35.5. The van der Waals surface area contributed by atoms with Crippen molar-refractivity contribution in [1.29, 1.82) is 0 Å².